The number of hydrogen-bond donors (Lipinski definition) is 1. The van der Waals surface area contributed by atoms with Crippen molar-refractivity contribution in [2.24, 2.45) is 0 Å². The van der Waals surface area contributed by atoms with E-state index in [1.807, 2.05) is 37.0 Å². The van der Waals surface area contributed by atoms with Crippen LogP contribution in [0.4, 0.5) is 0 Å². The van der Waals surface area contributed by atoms with Gasteiger partial charge in [0.15, 0.2) is 11.5 Å². The highest BCUT2D eigenvalue weighted by Gasteiger charge is 2.38. The van der Waals surface area contributed by atoms with Crippen LogP contribution in [0.1, 0.15) is 28.9 Å². The van der Waals surface area contributed by atoms with Gasteiger partial charge in [-0.25, -0.2) is 14.8 Å². The van der Waals surface area contributed by atoms with Gasteiger partial charge in [0.05, 0.1) is 36.7 Å². The highest BCUT2D eigenvalue weighted by molar-refractivity contribution is 5.86. The van der Waals surface area contributed by atoms with E-state index in [2.05, 4.69) is 9.97 Å². The number of ether oxygens (including phenoxy) is 1. The minimum absolute atomic E-state index is 0.0204. The summed E-state index contributed by atoms with van der Waals surface area (Å²) in [7, 11) is 3.88. The molecule has 1 aromatic rings. The molecule has 1 fully saturated rings. The number of nitrogens with zero attached hydrogens (tertiary/aromatic N) is 4. The van der Waals surface area contributed by atoms with E-state index in [0.29, 0.717) is 19.0 Å². The molecule has 1 N–H and O–H groups in total. The molecular weight excluding hydrogens is 272 g/mol. The summed E-state index contributed by atoms with van der Waals surface area (Å²) in [5, 5.41) is 9.29. The number of hydrogen-bond acceptors (Lipinski definition) is 6. The first kappa shape index (κ1) is 13.8. The number of rotatable bonds is 3. The summed E-state index contributed by atoms with van der Waals surface area (Å²) in [5.41, 5.74) is 1.34. The van der Waals surface area contributed by atoms with Crippen LogP contribution in [0.5, 0.6) is 0 Å². The largest absolute Gasteiger partial charge is 0.477 e. The van der Waals surface area contributed by atoms with Crippen LogP contribution in [-0.2, 0) is 10.2 Å². The third kappa shape index (κ3) is 2.33. The molecule has 3 rings (SSSR count). The van der Waals surface area contributed by atoms with Crippen LogP contribution < -0.4 is 0 Å². The lowest BCUT2D eigenvalue weighted by Gasteiger charge is -2.37. The molecule has 7 nitrogen and oxygen atoms in total. The molecule has 0 bridgehead atoms. The Labute approximate surface area is 122 Å². The number of aromatic nitrogens is 2. The number of aromatic carboxylic acids is 1. The number of carbonyl (C=O) groups is 1. The molecule has 1 saturated heterocycles. The summed E-state index contributed by atoms with van der Waals surface area (Å²) < 4.78 is 5.26. The lowest BCUT2D eigenvalue weighted by Crippen LogP contribution is -2.45. The Hall–Kier alpha value is -2.15. The maximum Gasteiger partial charge on any atom is 0.354 e. The molecule has 0 spiro atoms. The second-order valence-corrected chi connectivity index (χ2v) is 5.93. The molecule has 1 aromatic heterocycles. The van der Waals surface area contributed by atoms with Gasteiger partial charge in [-0.3, -0.25) is 0 Å². The summed E-state index contributed by atoms with van der Waals surface area (Å²) >= 11 is 0. The second-order valence-electron chi connectivity index (χ2n) is 5.93. The van der Waals surface area contributed by atoms with Crippen LogP contribution in [0.15, 0.2) is 12.3 Å². The molecule has 2 aliphatic rings. The maximum absolute atomic E-state index is 11.3. The topological polar surface area (TPSA) is 78.8 Å². The van der Waals surface area contributed by atoms with E-state index in [9.17, 15) is 9.90 Å². The smallest absolute Gasteiger partial charge is 0.354 e. The molecule has 0 unspecified atom stereocenters. The van der Waals surface area contributed by atoms with E-state index in [-0.39, 0.29) is 11.1 Å². The lowest BCUT2D eigenvalue weighted by molar-refractivity contribution is -0.0522. The first-order valence-corrected chi connectivity index (χ1v) is 6.73. The highest BCUT2D eigenvalue weighted by Crippen LogP contribution is 2.32. The average molecular weight is 290 g/mol. The van der Waals surface area contributed by atoms with Gasteiger partial charge >= 0.3 is 5.97 Å². The molecule has 0 radical (unpaired) electrons. The predicted octanol–water partition coefficient (Wildman–Crippen LogP) is 0.596. The first-order valence-electron chi connectivity index (χ1n) is 6.73. The Morgan fingerprint density at radius 2 is 2.10 bits per heavy atom. The summed E-state index contributed by atoms with van der Waals surface area (Å²) in [5.74, 6) is -0.594. The van der Waals surface area contributed by atoms with Crippen LogP contribution >= 0.6 is 0 Å². The Morgan fingerprint density at radius 1 is 1.38 bits per heavy atom. The fourth-order valence-electron chi connectivity index (χ4n) is 2.52. The summed E-state index contributed by atoms with van der Waals surface area (Å²) in [6, 6.07) is 1.55. The van der Waals surface area contributed by atoms with E-state index in [0.717, 1.165) is 18.1 Å². The molecule has 0 saturated carbocycles. The Kier molecular flexibility index (Phi) is 3.09. The normalized spacial score (nSPS) is 20.2. The van der Waals surface area contributed by atoms with Gasteiger partial charge < -0.3 is 19.6 Å². The zero-order valence-corrected chi connectivity index (χ0v) is 12.3. The fraction of sp³-hybridized carbons (Fsp3) is 0.500. The summed E-state index contributed by atoms with van der Waals surface area (Å²) in [4.78, 5) is 24.1. The van der Waals surface area contributed by atoms with Gasteiger partial charge in [-0.05, 0) is 13.0 Å². The zero-order valence-electron chi connectivity index (χ0n) is 12.3. The third-order valence-corrected chi connectivity index (χ3v) is 3.82. The van der Waals surface area contributed by atoms with Crippen molar-refractivity contribution < 1.29 is 14.6 Å². The van der Waals surface area contributed by atoms with Crippen molar-refractivity contribution in [2.45, 2.75) is 12.3 Å². The molecular formula is C14H18N4O3. The van der Waals surface area contributed by atoms with Crippen molar-refractivity contribution >= 4 is 11.7 Å². The average Bonchev–Trinajstić information content (AvgIpc) is 2.74. The molecule has 21 heavy (non-hydrogen) atoms. The van der Waals surface area contributed by atoms with Gasteiger partial charge in [0.25, 0.3) is 0 Å². The van der Waals surface area contributed by atoms with Gasteiger partial charge in [-0.15, -0.1) is 0 Å². The van der Waals surface area contributed by atoms with E-state index >= 15 is 0 Å². The molecule has 2 aliphatic heterocycles. The standard InChI is InChI=1S/C14H18N4O3/c1-14(6-21-7-14)11-4-9(13(19)20)15-12(16-11)10-5-17(2)8-18(10)3/h4-5H,6-8H2,1-3H3,(H,19,20). The van der Waals surface area contributed by atoms with Gasteiger partial charge in [0.1, 0.15) is 0 Å². The Morgan fingerprint density at radius 3 is 2.57 bits per heavy atom. The molecule has 0 amide bonds. The van der Waals surface area contributed by atoms with Crippen LogP contribution in [0.2, 0.25) is 0 Å². The summed E-state index contributed by atoms with van der Waals surface area (Å²) in [6.45, 7) is 3.85. The van der Waals surface area contributed by atoms with Crippen molar-refractivity contribution in [3.63, 3.8) is 0 Å². The Balaban J connectivity index is 2.08. The van der Waals surface area contributed by atoms with Crippen LogP contribution in [0.3, 0.4) is 0 Å². The SMILES string of the molecule is CN1C=C(c2nc(C(=O)O)cc(C3(C)COC3)n2)N(C)C1. The van der Waals surface area contributed by atoms with Crippen LogP contribution in [0, 0.1) is 0 Å². The van der Waals surface area contributed by atoms with E-state index < -0.39 is 5.97 Å². The van der Waals surface area contributed by atoms with E-state index in [1.165, 1.54) is 0 Å². The second kappa shape index (κ2) is 4.70. The molecule has 112 valence electrons. The number of carboxylic acids is 1. The fourth-order valence-corrected chi connectivity index (χ4v) is 2.52. The van der Waals surface area contributed by atoms with E-state index in [1.54, 1.807) is 6.07 Å². The monoisotopic (exact) mass is 290 g/mol. The van der Waals surface area contributed by atoms with Gasteiger partial charge in [0.2, 0.25) is 0 Å². The van der Waals surface area contributed by atoms with Gasteiger partial charge in [-0.1, -0.05) is 0 Å². The predicted molar refractivity (Wildman–Crippen MR) is 75.5 cm³/mol. The van der Waals surface area contributed by atoms with Gasteiger partial charge in [-0.2, -0.15) is 0 Å². The molecule has 0 aromatic carbocycles. The minimum atomic E-state index is -1.04. The summed E-state index contributed by atoms with van der Waals surface area (Å²) in [6.07, 6.45) is 1.92. The van der Waals surface area contributed by atoms with E-state index in [4.69, 9.17) is 4.74 Å². The van der Waals surface area contributed by atoms with Crippen LogP contribution in [-0.4, -0.2) is 64.8 Å². The molecule has 7 heteroatoms. The van der Waals surface area contributed by atoms with Crippen molar-refractivity contribution in [1.82, 2.24) is 19.8 Å². The zero-order chi connectivity index (χ0) is 15.2. The van der Waals surface area contributed by atoms with Crippen molar-refractivity contribution in [1.29, 1.82) is 0 Å². The van der Waals surface area contributed by atoms with Crippen molar-refractivity contribution in [3.05, 3.63) is 29.5 Å². The molecule has 3 heterocycles. The lowest BCUT2D eigenvalue weighted by atomic mass is 9.84. The maximum atomic E-state index is 11.3. The van der Waals surface area contributed by atoms with Gasteiger partial charge in [0, 0.05) is 20.3 Å². The Bertz CT molecular complexity index is 625. The minimum Gasteiger partial charge on any atom is -0.477 e. The van der Waals surface area contributed by atoms with Crippen molar-refractivity contribution in [3.8, 4) is 0 Å². The number of carboxylic acid groups (broad SMARTS) is 1. The third-order valence-electron chi connectivity index (χ3n) is 3.82. The molecule has 0 aliphatic carbocycles. The van der Waals surface area contributed by atoms with Crippen molar-refractivity contribution in [2.75, 3.05) is 34.0 Å². The van der Waals surface area contributed by atoms with Crippen LogP contribution in [0.25, 0.3) is 5.70 Å². The highest BCUT2D eigenvalue weighted by atomic mass is 16.5. The molecule has 0 atom stereocenters. The first-order chi connectivity index (χ1) is 9.89. The quantitative estimate of drug-likeness (QED) is 0.873.